The smallest absolute Gasteiger partial charge is 0.343 e. The summed E-state index contributed by atoms with van der Waals surface area (Å²) >= 11 is 0. The van der Waals surface area contributed by atoms with Crippen molar-refractivity contribution in [2.45, 2.75) is 39.5 Å². The molecule has 1 aromatic carbocycles. The maximum Gasteiger partial charge on any atom is 0.343 e. The molecule has 1 aliphatic carbocycles. The second kappa shape index (κ2) is 7.77. The Morgan fingerprint density at radius 2 is 1.92 bits per heavy atom. The molecule has 3 nitrogen and oxygen atoms in total. The summed E-state index contributed by atoms with van der Waals surface area (Å²) in [6.07, 6.45) is 7.77. The summed E-state index contributed by atoms with van der Waals surface area (Å²) in [5, 5.41) is 10.6. The maximum absolute atomic E-state index is 12.7. The van der Waals surface area contributed by atoms with Crippen molar-refractivity contribution < 1.29 is 9.52 Å². The zero-order valence-electron chi connectivity index (χ0n) is 15.6. The van der Waals surface area contributed by atoms with Crippen LogP contribution in [0.15, 0.2) is 57.3 Å². The highest BCUT2D eigenvalue weighted by Gasteiger charge is 2.32. The predicted octanol–water partition coefficient (Wildman–Crippen LogP) is 5.61. The number of allylic oxidation sites excluding steroid dienone is 2. The summed E-state index contributed by atoms with van der Waals surface area (Å²) in [6, 6.07) is 11.3. The molecule has 136 valence electrons. The molecule has 0 saturated heterocycles. The van der Waals surface area contributed by atoms with Crippen LogP contribution in [-0.4, -0.2) is 5.11 Å². The van der Waals surface area contributed by atoms with Gasteiger partial charge < -0.3 is 9.52 Å². The normalized spacial score (nSPS) is 20.5. The summed E-state index contributed by atoms with van der Waals surface area (Å²) in [7, 11) is 0. The van der Waals surface area contributed by atoms with E-state index in [1.54, 1.807) is 12.1 Å². The molecule has 0 radical (unpaired) electrons. The van der Waals surface area contributed by atoms with Crippen LogP contribution in [0.4, 0.5) is 0 Å². The van der Waals surface area contributed by atoms with Crippen molar-refractivity contribution in [3.8, 4) is 5.75 Å². The van der Waals surface area contributed by atoms with Crippen LogP contribution in [0.5, 0.6) is 5.75 Å². The van der Waals surface area contributed by atoms with Crippen molar-refractivity contribution in [3.63, 3.8) is 0 Å². The number of hydrogen-bond acceptors (Lipinski definition) is 3. The van der Waals surface area contributed by atoms with Crippen molar-refractivity contribution in [2.24, 2.45) is 11.8 Å². The number of hydrogen-bond donors (Lipinski definition) is 1. The Bertz CT molecular complexity index is 872. The van der Waals surface area contributed by atoms with Gasteiger partial charge in [0.1, 0.15) is 11.5 Å². The SMILES string of the molecule is CC1=C[C@H](c2c(O)cc(C=Cc3ccccc3)oc2=O)[C@@H](C(C)C)CC1. The monoisotopic (exact) mass is 350 g/mol. The van der Waals surface area contributed by atoms with Gasteiger partial charge in [0.25, 0.3) is 0 Å². The minimum Gasteiger partial charge on any atom is -0.507 e. The molecule has 0 bridgehead atoms. The molecule has 3 heteroatoms. The molecular weight excluding hydrogens is 324 g/mol. The highest BCUT2D eigenvalue weighted by molar-refractivity contribution is 5.67. The van der Waals surface area contributed by atoms with Gasteiger partial charge in [-0.3, -0.25) is 0 Å². The summed E-state index contributed by atoms with van der Waals surface area (Å²) in [5.74, 6) is 1.06. The highest BCUT2D eigenvalue weighted by Crippen LogP contribution is 2.41. The Labute approximate surface area is 154 Å². The van der Waals surface area contributed by atoms with Crippen LogP contribution in [0, 0.1) is 11.8 Å². The van der Waals surface area contributed by atoms with Crippen LogP contribution >= 0.6 is 0 Å². The molecule has 1 aromatic heterocycles. The molecule has 1 aliphatic rings. The number of rotatable bonds is 4. The van der Waals surface area contributed by atoms with E-state index in [2.05, 4.69) is 26.8 Å². The fourth-order valence-corrected chi connectivity index (χ4v) is 3.77. The summed E-state index contributed by atoms with van der Waals surface area (Å²) in [6.45, 7) is 6.42. The van der Waals surface area contributed by atoms with Gasteiger partial charge in [0, 0.05) is 12.0 Å². The Hall–Kier alpha value is -2.55. The molecule has 0 fully saturated rings. The average molecular weight is 350 g/mol. The van der Waals surface area contributed by atoms with Crippen molar-refractivity contribution in [2.75, 3.05) is 0 Å². The standard InChI is InChI=1S/C23H26O3/c1-15(2)19-12-9-16(3)13-20(19)22-21(24)14-18(26-23(22)25)11-10-17-7-5-4-6-8-17/h4-8,10-11,13-15,19-20,24H,9,12H2,1-3H3/t19-,20+/m1/s1. The van der Waals surface area contributed by atoms with Gasteiger partial charge in [-0.25, -0.2) is 4.79 Å². The number of benzene rings is 1. The zero-order chi connectivity index (χ0) is 18.7. The lowest BCUT2D eigenvalue weighted by Gasteiger charge is -2.32. The molecule has 0 spiro atoms. The van der Waals surface area contributed by atoms with E-state index in [1.807, 2.05) is 36.4 Å². The molecule has 0 unspecified atom stereocenters. The summed E-state index contributed by atoms with van der Waals surface area (Å²) < 4.78 is 5.50. The quantitative estimate of drug-likeness (QED) is 0.729. The van der Waals surface area contributed by atoms with E-state index in [0.29, 0.717) is 23.2 Å². The molecule has 3 rings (SSSR count). The van der Waals surface area contributed by atoms with Gasteiger partial charge in [-0.2, -0.15) is 0 Å². The largest absolute Gasteiger partial charge is 0.507 e. The van der Waals surface area contributed by atoms with Gasteiger partial charge in [-0.15, -0.1) is 0 Å². The Balaban J connectivity index is 1.96. The molecule has 0 aliphatic heterocycles. The van der Waals surface area contributed by atoms with Crippen LogP contribution in [0.25, 0.3) is 12.2 Å². The van der Waals surface area contributed by atoms with Crippen molar-refractivity contribution >= 4 is 12.2 Å². The molecule has 0 amide bonds. The minimum absolute atomic E-state index is 0.0237. The highest BCUT2D eigenvalue weighted by atomic mass is 16.4. The van der Waals surface area contributed by atoms with Crippen LogP contribution < -0.4 is 5.63 Å². The lowest BCUT2D eigenvalue weighted by molar-refractivity contribution is 0.302. The topological polar surface area (TPSA) is 50.4 Å². The first kappa shape index (κ1) is 18.2. The third-order valence-corrected chi connectivity index (χ3v) is 5.21. The first-order valence-corrected chi connectivity index (χ1v) is 9.23. The van der Waals surface area contributed by atoms with Gasteiger partial charge >= 0.3 is 5.63 Å². The van der Waals surface area contributed by atoms with Crippen LogP contribution in [0.1, 0.15) is 56.4 Å². The fourth-order valence-electron chi connectivity index (χ4n) is 3.77. The van der Waals surface area contributed by atoms with E-state index in [4.69, 9.17) is 4.42 Å². The molecule has 26 heavy (non-hydrogen) atoms. The third kappa shape index (κ3) is 3.98. The van der Waals surface area contributed by atoms with Gasteiger partial charge in [0.15, 0.2) is 0 Å². The summed E-state index contributed by atoms with van der Waals surface area (Å²) in [4.78, 5) is 12.7. The second-order valence-corrected chi connectivity index (χ2v) is 7.46. The van der Waals surface area contributed by atoms with Crippen LogP contribution in [0.3, 0.4) is 0 Å². The maximum atomic E-state index is 12.7. The van der Waals surface area contributed by atoms with E-state index in [-0.39, 0.29) is 11.7 Å². The average Bonchev–Trinajstić information content (AvgIpc) is 2.60. The van der Waals surface area contributed by atoms with Crippen molar-refractivity contribution in [3.05, 3.63) is 75.4 Å². The molecule has 0 saturated carbocycles. The zero-order valence-corrected chi connectivity index (χ0v) is 15.6. The molecule has 1 N–H and O–H groups in total. The van der Waals surface area contributed by atoms with E-state index in [1.165, 1.54) is 5.57 Å². The van der Waals surface area contributed by atoms with Gasteiger partial charge in [0.05, 0.1) is 5.56 Å². The Morgan fingerprint density at radius 3 is 2.58 bits per heavy atom. The van der Waals surface area contributed by atoms with E-state index >= 15 is 0 Å². The fraction of sp³-hybridized carbons (Fsp3) is 0.348. The second-order valence-electron chi connectivity index (χ2n) is 7.46. The molecule has 2 aromatic rings. The van der Waals surface area contributed by atoms with Gasteiger partial charge in [-0.1, -0.05) is 61.9 Å². The lowest BCUT2D eigenvalue weighted by atomic mass is 9.72. The number of aromatic hydroxyl groups is 1. The van der Waals surface area contributed by atoms with E-state index < -0.39 is 5.63 Å². The van der Waals surface area contributed by atoms with Crippen molar-refractivity contribution in [1.29, 1.82) is 0 Å². The minimum atomic E-state index is -0.445. The van der Waals surface area contributed by atoms with Crippen molar-refractivity contribution in [1.82, 2.24) is 0 Å². The predicted molar refractivity (Wildman–Crippen MR) is 106 cm³/mol. The van der Waals surface area contributed by atoms with Crippen LogP contribution in [0.2, 0.25) is 0 Å². The van der Waals surface area contributed by atoms with Crippen LogP contribution in [-0.2, 0) is 0 Å². The molecule has 2 atom stereocenters. The Morgan fingerprint density at radius 1 is 1.19 bits per heavy atom. The third-order valence-electron chi connectivity index (χ3n) is 5.21. The molecule has 1 heterocycles. The molecular formula is C23H26O3. The Kier molecular flexibility index (Phi) is 5.46. The van der Waals surface area contributed by atoms with E-state index in [0.717, 1.165) is 18.4 Å². The first-order valence-electron chi connectivity index (χ1n) is 9.23. The summed E-state index contributed by atoms with van der Waals surface area (Å²) in [5.41, 5.74) is 2.21. The van der Waals surface area contributed by atoms with E-state index in [9.17, 15) is 9.90 Å². The first-order chi connectivity index (χ1) is 12.5. The lowest BCUT2D eigenvalue weighted by Crippen LogP contribution is -2.25. The van der Waals surface area contributed by atoms with Gasteiger partial charge in [-0.05, 0) is 43.2 Å². The van der Waals surface area contributed by atoms with Gasteiger partial charge in [0.2, 0.25) is 0 Å².